The van der Waals surface area contributed by atoms with Crippen molar-refractivity contribution in [3.05, 3.63) is 103 Å². The minimum atomic E-state index is 0.877. The molecule has 4 aromatic carbocycles. The van der Waals surface area contributed by atoms with Crippen LogP contribution in [0.25, 0.3) is 38.8 Å². The smallest absolute Gasteiger partial charge is 0.158 e. The van der Waals surface area contributed by atoms with Gasteiger partial charge in [-0.05, 0) is 53.1 Å². The Kier molecular flexibility index (Phi) is 4.18. The van der Waals surface area contributed by atoms with E-state index in [1.807, 2.05) is 6.08 Å². The van der Waals surface area contributed by atoms with E-state index >= 15 is 0 Å². The normalized spacial score (nSPS) is 11.6. The van der Waals surface area contributed by atoms with Gasteiger partial charge in [0.05, 0.1) is 5.69 Å². The van der Waals surface area contributed by atoms with Crippen molar-refractivity contribution in [1.82, 2.24) is 0 Å². The Morgan fingerprint density at radius 3 is 2.66 bits per heavy atom. The first-order chi connectivity index (χ1) is 14.2. The van der Waals surface area contributed by atoms with Crippen molar-refractivity contribution < 1.29 is 4.42 Å². The predicted octanol–water partition coefficient (Wildman–Crippen LogP) is 7.99. The van der Waals surface area contributed by atoms with Crippen molar-refractivity contribution >= 4 is 50.2 Å². The molecule has 0 atom stereocenters. The van der Waals surface area contributed by atoms with Crippen molar-refractivity contribution in [3.63, 3.8) is 0 Å². The first-order valence-corrected chi connectivity index (χ1v) is 9.74. The largest absolute Gasteiger partial charge is 0.454 e. The summed E-state index contributed by atoms with van der Waals surface area (Å²) in [6, 6.07) is 25.3. The van der Waals surface area contributed by atoms with Crippen LogP contribution in [0.4, 0.5) is 11.4 Å². The Morgan fingerprint density at radius 2 is 1.76 bits per heavy atom. The molecule has 0 amide bonds. The molecule has 1 aromatic heterocycles. The van der Waals surface area contributed by atoms with E-state index in [0.717, 1.165) is 33.5 Å². The fraction of sp³-hybridized carbons (Fsp3) is 0.0370. The van der Waals surface area contributed by atoms with Gasteiger partial charge in [-0.3, -0.25) is 0 Å². The SMILES string of the molecule is C=C/C=C\c1cc(Nc2cccc3c2oc2ccc4ccccc4c23)ccc1C. The van der Waals surface area contributed by atoms with Gasteiger partial charge in [0.2, 0.25) is 0 Å². The van der Waals surface area contributed by atoms with Crippen molar-refractivity contribution in [2.75, 3.05) is 5.32 Å². The van der Waals surface area contributed by atoms with E-state index in [2.05, 4.69) is 97.7 Å². The Morgan fingerprint density at radius 1 is 0.897 bits per heavy atom. The molecule has 1 N–H and O–H groups in total. The number of aryl methyl sites for hydroxylation is 1. The van der Waals surface area contributed by atoms with Crippen molar-refractivity contribution in [3.8, 4) is 0 Å². The Bertz CT molecular complexity index is 1400. The summed E-state index contributed by atoms with van der Waals surface area (Å²) < 4.78 is 6.29. The van der Waals surface area contributed by atoms with E-state index in [9.17, 15) is 0 Å². The zero-order valence-electron chi connectivity index (χ0n) is 16.3. The van der Waals surface area contributed by atoms with Crippen LogP contribution in [0.3, 0.4) is 0 Å². The molecule has 0 radical (unpaired) electrons. The first-order valence-electron chi connectivity index (χ1n) is 9.74. The molecule has 1 heterocycles. The Hall–Kier alpha value is -3.78. The van der Waals surface area contributed by atoms with Gasteiger partial charge in [0, 0.05) is 16.5 Å². The molecule has 29 heavy (non-hydrogen) atoms. The number of nitrogens with one attached hydrogen (secondary N) is 1. The van der Waals surface area contributed by atoms with Crippen LogP contribution in [0.15, 0.2) is 95.9 Å². The Balaban J connectivity index is 1.66. The molecule has 0 aliphatic rings. The van der Waals surface area contributed by atoms with E-state index < -0.39 is 0 Å². The minimum absolute atomic E-state index is 0.877. The van der Waals surface area contributed by atoms with Crippen molar-refractivity contribution in [2.24, 2.45) is 0 Å². The van der Waals surface area contributed by atoms with Gasteiger partial charge in [-0.2, -0.15) is 0 Å². The van der Waals surface area contributed by atoms with Gasteiger partial charge in [-0.15, -0.1) is 0 Å². The second-order valence-corrected chi connectivity index (χ2v) is 7.24. The highest BCUT2D eigenvalue weighted by Gasteiger charge is 2.13. The van der Waals surface area contributed by atoms with Gasteiger partial charge < -0.3 is 9.73 Å². The van der Waals surface area contributed by atoms with Gasteiger partial charge in [0.25, 0.3) is 0 Å². The number of fused-ring (bicyclic) bond motifs is 5. The highest BCUT2D eigenvalue weighted by molar-refractivity contribution is 6.20. The molecule has 5 rings (SSSR count). The summed E-state index contributed by atoms with van der Waals surface area (Å²) in [6.07, 6.45) is 5.82. The molecule has 0 unspecified atom stereocenters. The lowest BCUT2D eigenvalue weighted by Crippen LogP contribution is -1.92. The van der Waals surface area contributed by atoms with E-state index in [0.29, 0.717) is 0 Å². The lowest BCUT2D eigenvalue weighted by atomic mass is 10.0. The van der Waals surface area contributed by atoms with Crippen LogP contribution in [0.1, 0.15) is 11.1 Å². The molecule has 0 fully saturated rings. The molecule has 0 aliphatic carbocycles. The lowest BCUT2D eigenvalue weighted by molar-refractivity contribution is 0.670. The molecule has 0 aliphatic heterocycles. The van der Waals surface area contributed by atoms with Crippen LogP contribution in [0.2, 0.25) is 0 Å². The number of rotatable bonds is 4. The van der Waals surface area contributed by atoms with E-state index in [4.69, 9.17) is 4.42 Å². The van der Waals surface area contributed by atoms with Gasteiger partial charge in [0.1, 0.15) is 5.58 Å². The molecule has 2 heteroatoms. The molecule has 0 saturated carbocycles. The maximum Gasteiger partial charge on any atom is 0.158 e. The molecule has 0 bridgehead atoms. The first kappa shape index (κ1) is 17.3. The third kappa shape index (κ3) is 2.99. The zero-order chi connectivity index (χ0) is 19.8. The highest BCUT2D eigenvalue weighted by atomic mass is 16.3. The van der Waals surface area contributed by atoms with Crippen LogP contribution in [0.5, 0.6) is 0 Å². The molecule has 5 aromatic rings. The van der Waals surface area contributed by atoms with Crippen LogP contribution in [0, 0.1) is 6.92 Å². The fourth-order valence-corrected chi connectivity index (χ4v) is 3.89. The monoisotopic (exact) mass is 375 g/mol. The summed E-state index contributed by atoms with van der Waals surface area (Å²) in [4.78, 5) is 0. The summed E-state index contributed by atoms with van der Waals surface area (Å²) in [7, 11) is 0. The molecular weight excluding hydrogens is 354 g/mol. The fourth-order valence-electron chi connectivity index (χ4n) is 3.89. The number of furan rings is 1. The Labute approximate surface area is 169 Å². The average Bonchev–Trinajstić information content (AvgIpc) is 3.14. The van der Waals surface area contributed by atoms with Crippen molar-refractivity contribution in [2.45, 2.75) is 6.92 Å². The van der Waals surface area contributed by atoms with Crippen molar-refractivity contribution in [1.29, 1.82) is 0 Å². The second-order valence-electron chi connectivity index (χ2n) is 7.24. The average molecular weight is 375 g/mol. The third-order valence-electron chi connectivity index (χ3n) is 5.36. The zero-order valence-corrected chi connectivity index (χ0v) is 16.3. The number of hydrogen-bond acceptors (Lipinski definition) is 2. The van der Waals surface area contributed by atoms with E-state index in [1.165, 1.54) is 21.7 Å². The summed E-state index contributed by atoms with van der Waals surface area (Å²) in [5, 5.41) is 8.28. The predicted molar refractivity (Wildman–Crippen MR) is 125 cm³/mol. The lowest BCUT2D eigenvalue weighted by Gasteiger charge is -2.09. The summed E-state index contributed by atoms with van der Waals surface area (Å²) in [5.41, 5.74) is 6.16. The van der Waals surface area contributed by atoms with Gasteiger partial charge in [-0.25, -0.2) is 0 Å². The second kappa shape index (κ2) is 6.99. The molecule has 0 saturated heterocycles. The highest BCUT2D eigenvalue weighted by Crippen LogP contribution is 2.38. The quantitative estimate of drug-likeness (QED) is 0.322. The van der Waals surface area contributed by atoms with Crippen LogP contribution >= 0.6 is 0 Å². The van der Waals surface area contributed by atoms with Crippen LogP contribution in [-0.4, -0.2) is 0 Å². The number of allylic oxidation sites excluding steroid dienone is 2. The van der Waals surface area contributed by atoms with Crippen LogP contribution in [-0.2, 0) is 0 Å². The number of para-hydroxylation sites is 1. The maximum absolute atomic E-state index is 6.29. The summed E-state index contributed by atoms with van der Waals surface area (Å²) in [5.74, 6) is 0. The number of benzene rings is 4. The van der Waals surface area contributed by atoms with Crippen LogP contribution < -0.4 is 5.32 Å². The molecule has 0 spiro atoms. The number of anilines is 2. The third-order valence-corrected chi connectivity index (χ3v) is 5.36. The standard InChI is InChI=1S/C27H21NO/c1-3-4-8-20-17-21(15-13-18(20)2)28-24-12-7-11-23-26-22-10-6-5-9-19(22)14-16-25(26)29-27(23)24/h3-17,28H,1H2,2H3/b8-4-. The summed E-state index contributed by atoms with van der Waals surface area (Å²) >= 11 is 0. The number of hydrogen-bond donors (Lipinski definition) is 1. The summed E-state index contributed by atoms with van der Waals surface area (Å²) in [6.45, 7) is 5.87. The topological polar surface area (TPSA) is 25.2 Å². The minimum Gasteiger partial charge on any atom is -0.454 e. The van der Waals surface area contributed by atoms with E-state index in [1.54, 1.807) is 6.08 Å². The molecular formula is C27H21NO. The molecule has 2 nitrogen and oxygen atoms in total. The molecule has 140 valence electrons. The van der Waals surface area contributed by atoms with Gasteiger partial charge in [0.15, 0.2) is 5.58 Å². The van der Waals surface area contributed by atoms with E-state index in [-0.39, 0.29) is 0 Å². The van der Waals surface area contributed by atoms with Gasteiger partial charge >= 0.3 is 0 Å². The maximum atomic E-state index is 6.29. The van der Waals surface area contributed by atoms with Gasteiger partial charge in [-0.1, -0.05) is 73.3 Å².